The lowest BCUT2D eigenvalue weighted by Crippen LogP contribution is -2.54. The fourth-order valence-electron chi connectivity index (χ4n) is 2.51. The Kier molecular flexibility index (Phi) is 3.40. The zero-order valence-electron chi connectivity index (χ0n) is 9.38. The Hall–Kier alpha value is 0.270. The van der Waals surface area contributed by atoms with Crippen molar-refractivity contribution >= 4 is 11.8 Å². The Morgan fingerprint density at radius 3 is 2.71 bits per heavy atom. The first-order chi connectivity index (χ1) is 6.74. The third-order valence-electron chi connectivity index (χ3n) is 3.54. The molecule has 2 aliphatic heterocycles. The van der Waals surface area contributed by atoms with E-state index in [0.717, 1.165) is 5.25 Å². The number of nitrogens with one attached hydrogen (secondary N) is 1. The van der Waals surface area contributed by atoms with E-state index in [-0.39, 0.29) is 0 Å². The van der Waals surface area contributed by atoms with E-state index in [2.05, 4.69) is 35.8 Å². The zero-order valence-corrected chi connectivity index (χ0v) is 10.2. The van der Waals surface area contributed by atoms with Gasteiger partial charge in [-0.2, -0.15) is 0 Å². The summed E-state index contributed by atoms with van der Waals surface area (Å²) in [7, 11) is 0. The quantitative estimate of drug-likeness (QED) is 0.718. The number of rotatable bonds is 1. The van der Waals surface area contributed by atoms with Crippen LogP contribution in [0.4, 0.5) is 0 Å². The molecule has 0 aliphatic carbocycles. The summed E-state index contributed by atoms with van der Waals surface area (Å²) in [6.45, 7) is 9.64. The molecule has 2 heterocycles. The van der Waals surface area contributed by atoms with Gasteiger partial charge < -0.3 is 10.2 Å². The molecule has 2 nitrogen and oxygen atoms in total. The molecule has 1 spiro atoms. The van der Waals surface area contributed by atoms with Crippen molar-refractivity contribution in [2.75, 3.05) is 26.2 Å². The van der Waals surface area contributed by atoms with Crippen molar-refractivity contribution in [3.8, 4) is 0 Å². The lowest BCUT2D eigenvalue weighted by Gasteiger charge is -2.46. The van der Waals surface area contributed by atoms with Crippen LogP contribution in [-0.4, -0.2) is 41.2 Å². The molecule has 0 amide bonds. The fourth-order valence-corrected chi connectivity index (χ4v) is 4.12. The number of hydrogen-bond acceptors (Lipinski definition) is 3. The van der Waals surface area contributed by atoms with Gasteiger partial charge in [-0.25, -0.2) is 0 Å². The highest BCUT2D eigenvalue weighted by Crippen LogP contribution is 2.39. The molecule has 0 aromatic carbocycles. The highest BCUT2D eigenvalue weighted by Gasteiger charge is 2.37. The molecule has 2 aliphatic rings. The molecule has 0 aromatic heterocycles. The lowest BCUT2D eigenvalue weighted by atomic mass is 10.0. The first-order valence-corrected chi connectivity index (χ1v) is 6.77. The highest BCUT2D eigenvalue weighted by atomic mass is 32.2. The van der Waals surface area contributed by atoms with Crippen LogP contribution in [0.2, 0.25) is 0 Å². The van der Waals surface area contributed by atoms with Crippen LogP contribution >= 0.6 is 11.8 Å². The molecule has 0 aromatic rings. The van der Waals surface area contributed by atoms with Gasteiger partial charge in [-0.1, -0.05) is 13.8 Å². The van der Waals surface area contributed by atoms with Gasteiger partial charge in [0.15, 0.2) is 0 Å². The van der Waals surface area contributed by atoms with Gasteiger partial charge in [-0.3, -0.25) is 0 Å². The Balaban J connectivity index is 1.91. The Labute approximate surface area is 91.8 Å². The van der Waals surface area contributed by atoms with Crippen molar-refractivity contribution < 1.29 is 0 Å². The molecule has 0 radical (unpaired) electrons. The first-order valence-electron chi connectivity index (χ1n) is 5.89. The van der Waals surface area contributed by atoms with Gasteiger partial charge in [0.25, 0.3) is 0 Å². The van der Waals surface area contributed by atoms with Gasteiger partial charge in [-0.15, -0.1) is 11.8 Å². The van der Waals surface area contributed by atoms with E-state index in [0.29, 0.717) is 4.87 Å². The molecule has 1 atom stereocenters. The molecule has 2 saturated heterocycles. The number of nitrogens with zero attached hydrogens (tertiary/aromatic N) is 1. The number of hydrogen-bond donors (Lipinski definition) is 1. The van der Waals surface area contributed by atoms with Crippen LogP contribution < -0.4 is 5.32 Å². The van der Waals surface area contributed by atoms with E-state index < -0.39 is 0 Å². The highest BCUT2D eigenvalue weighted by molar-refractivity contribution is 8.01. The van der Waals surface area contributed by atoms with Crippen LogP contribution in [0.1, 0.15) is 33.1 Å². The van der Waals surface area contributed by atoms with E-state index >= 15 is 0 Å². The monoisotopic (exact) mass is 214 g/mol. The SMILES string of the molecule is CCN1CCC2(CC1)NCCC(C)S2. The molecule has 1 unspecified atom stereocenters. The summed E-state index contributed by atoms with van der Waals surface area (Å²) in [5, 5.41) is 4.60. The molecular weight excluding hydrogens is 192 g/mol. The maximum absolute atomic E-state index is 3.75. The van der Waals surface area contributed by atoms with Gasteiger partial charge >= 0.3 is 0 Å². The van der Waals surface area contributed by atoms with Gasteiger partial charge in [0, 0.05) is 18.3 Å². The molecule has 1 N–H and O–H groups in total. The second-order valence-corrected chi connectivity index (χ2v) is 6.39. The minimum absolute atomic E-state index is 0.434. The Bertz CT molecular complexity index is 188. The molecular formula is C11H22N2S. The van der Waals surface area contributed by atoms with E-state index in [1.807, 2.05) is 0 Å². The van der Waals surface area contributed by atoms with E-state index in [1.165, 1.54) is 45.4 Å². The van der Waals surface area contributed by atoms with Crippen molar-refractivity contribution in [2.45, 2.75) is 43.2 Å². The third-order valence-corrected chi connectivity index (χ3v) is 5.18. The van der Waals surface area contributed by atoms with E-state index in [1.54, 1.807) is 0 Å². The summed E-state index contributed by atoms with van der Waals surface area (Å²) in [4.78, 5) is 3.00. The van der Waals surface area contributed by atoms with Crippen molar-refractivity contribution in [3.63, 3.8) is 0 Å². The van der Waals surface area contributed by atoms with E-state index in [4.69, 9.17) is 0 Å². The van der Waals surface area contributed by atoms with Gasteiger partial charge in [0.1, 0.15) is 0 Å². The minimum Gasteiger partial charge on any atom is -0.303 e. The topological polar surface area (TPSA) is 15.3 Å². The van der Waals surface area contributed by atoms with Gasteiger partial charge in [-0.05, 0) is 32.4 Å². The molecule has 14 heavy (non-hydrogen) atoms. The number of likely N-dealkylation sites (tertiary alicyclic amines) is 1. The van der Waals surface area contributed by atoms with Crippen molar-refractivity contribution in [1.29, 1.82) is 0 Å². The molecule has 82 valence electrons. The maximum Gasteiger partial charge on any atom is 0.0672 e. The van der Waals surface area contributed by atoms with Gasteiger partial charge in [0.2, 0.25) is 0 Å². The first kappa shape index (κ1) is 10.8. The Morgan fingerprint density at radius 2 is 2.14 bits per heavy atom. The molecule has 2 rings (SSSR count). The maximum atomic E-state index is 3.75. The summed E-state index contributed by atoms with van der Waals surface area (Å²) in [6, 6.07) is 0. The average molecular weight is 214 g/mol. The number of thioether (sulfide) groups is 1. The fraction of sp³-hybridized carbons (Fsp3) is 1.00. The normalized spacial score (nSPS) is 33.4. The van der Waals surface area contributed by atoms with Crippen LogP contribution in [0.3, 0.4) is 0 Å². The third kappa shape index (κ3) is 2.26. The smallest absolute Gasteiger partial charge is 0.0672 e. The minimum atomic E-state index is 0.434. The number of piperidine rings is 1. The summed E-state index contributed by atoms with van der Waals surface area (Å²) < 4.78 is 0. The van der Waals surface area contributed by atoms with Crippen LogP contribution in [0.15, 0.2) is 0 Å². The van der Waals surface area contributed by atoms with Crippen LogP contribution in [0.5, 0.6) is 0 Å². The molecule has 0 bridgehead atoms. The molecule has 2 fully saturated rings. The molecule has 0 saturated carbocycles. The predicted molar refractivity (Wildman–Crippen MR) is 63.8 cm³/mol. The predicted octanol–water partition coefficient (Wildman–Crippen LogP) is 1.91. The summed E-state index contributed by atoms with van der Waals surface area (Å²) >= 11 is 2.18. The molecule has 3 heteroatoms. The summed E-state index contributed by atoms with van der Waals surface area (Å²) in [6.07, 6.45) is 4.00. The Morgan fingerprint density at radius 1 is 1.43 bits per heavy atom. The standard InChI is InChI=1S/C11H22N2S/c1-3-13-8-5-11(6-9-13)12-7-4-10(2)14-11/h10,12H,3-9H2,1-2H3. The summed E-state index contributed by atoms with van der Waals surface area (Å²) in [5.74, 6) is 0. The second kappa shape index (κ2) is 4.42. The van der Waals surface area contributed by atoms with Gasteiger partial charge in [0.05, 0.1) is 4.87 Å². The average Bonchev–Trinajstić information content (AvgIpc) is 2.19. The zero-order chi connectivity index (χ0) is 10.0. The van der Waals surface area contributed by atoms with E-state index in [9.17, 15) is 0 Å². The van der Waals surface area contributed by atoms with Crippen LogP contribution in [0, 0.1) is 0 Å². The van der Waals surface area contributed by atoms with Crippen molar-refractivity contribution in [3.05, 3.63) is 0 Å². The largest absolute Gasteiger partial charge is 0.303 e. The van der Waals surface area contributed by atoms with Crippen LogP contribution in [0.25, 0.3) is 0 Å². The lowest BCUT2D eigenvalue weighted by molar-refractivity contribution is 0.188. The second-order valence-electron chi connectivity index (χ2n) is 4.57. The van der Waals surface area contributed by atoms with Crippen LogP contribution in [-0.2, 0) is 0 Å². The van der Waals surface area contributed by atoms with Crippen molar-refractivity contribution in [2.24, 2.45) is 0 Å². The summed E-state index contributed by atoms with van der Waals surface area (Å²) in [5.41, 5.74) is 0. The van der Waals surface area contributed by atoms with Crippen molar-refractivity contribution in [1.82, 2.24) is 10.2 Å².